The largest absolute Gasteiger partial charge is 0.410 e. The molecule has 2 aromatic rings. The molecule has 142 valence electrons. The summed E-state index contributed by atoms with van der Waals surface area (Å²) in [6, 6.07) is 14.0. The molecule has 0 bridgehead atoms. The number of amides is 2. The van der Waals surface area contributed by atoms with E-state index >= 15 is 0 Å². The number of carbonyl (C=O) groups is 2. The Balaban J connectivity index is 0.00000261. The van der Waals surface area contributed by atoms with E-state index in [9.17, 15) is 9.59 Å². The minimum Gasteiger partial charge on any atom is -0.408 e. The number of hydrogen-bond acceptors (Lipinski definition) is 4. The Morgan fingerprint density at radius 3 is 2.37 bits per heavy atom. The van der Waals surface area contributed by atoms with E-state index in [1.807, 2.05) is 12.1 Å². The quantitative estimate of drug-likeness (QED) is 0.747. The summed E-state index contributed by atoms with van der Waals surface area (Å²) in [6.07, 6.45) is 3.36. The van der Waals surface area contributed by atoms with E-state index in [1.165, 1.54) is 5.57 Å². The second-order valence-corrected chi connectivity index (χ2v) is 6.05. The zero-order valence-electron chi connectivity index (χ0n) is 14.7. The monoisotopic (exact) mass is 387 g/mol. The van der Waals surface area contributed by atoms with Crippen LogP contribution in [0.1, 0.15) is 28.8 Å². The van der Waals surface area contributed by atoms with Gasteiger partial charge in [0.1, 0.15) is 0 Å². The lowest BCUT2D eigenvalue weighted by Crippen LogP contribution is -2.22. The maximum Gasteiger partial charge on any atom is 0.410 e. The number of hydrogen-bond donors (Lipinski definition) is 3. The molecule has 0 aliphatic carbocycles. The van der Waals surface area contributed by atoms with Gasteiger partial charge in [-0.25, -0.2) is 4.79 Å². The fourth-order valence-corrected chi connectivity index (χ4v) is 2.82. The molecule has 6 nitrogen and oxygen atoms in total. The van der Waals surface area contributed by atoms with Crippen molar-refractivity contribution in [1.29, 1.82) is 0 Å². The molecule has 1 saturated heterocycles. The van der Waals surface area contributed by atoms with Gasteiger partial charge in [-0.3, -0.25) is 4.79 Å². The molecule has 1 aliphatic rings. The maximum absolute atomic E-state index is 12.4. The van der Waals surface area contributed by atoms with Crippen molar-refractivity contribution >= 4 is 36.2 Å². The van der Waals surface area contributed by atoms with Crippen LogP contribution in [0.2, 0.25) is 0 Å². The average molecular weight is 388 g/mol. The van der Waals surface area contributed by atoms with Crippen molar-refractivity contribution in [3.05, 3.63) is 65.2 Å². The molecule has 1 heterocycles. The molecule has 1 aliphatic heterocycles. The molecule has 4 N–H and O–H groups in total. The molecule has 3 rings (SSSR count). The van der Waals surface area contributed by atoms with Gasteiger partial charge in [-0.15, -0.1) is 12.4 Å². The van der Waals surface area contributed by atoms with E-state index in [2.05, 4.69) is 16.7 Å². The summed E-state index contributed by atoms with van der Waals surface area (Å²) < 4.78 is 4.90. The van der Waals surface area contributed by atoms with E-state index in [0.29, 0.717) is 11.3 Å². The van der Waals surface area contributed by atoms with Crippen LogP contribution in [0.3, 0.4) is 0 Å². The molecule has 1 fully saturated rings. The molecule has 0 saturated carbocycles. The van der Waals surface area contributed by atoms with Gasteiger partial charge < -0.3 is 21.1 Å². The van der Waals surface area contributed by atoms with Crippen molar-refractivity contribution < 1.29 is 14.3 Å². The van der Waals surface area contributed by atoms with E-state index < -0.39 is 6.09 Å². The first-order chi connectivity index (χ1) is 12.6. The maximum atomic E-state index is 12.4. The molecule has 27 heavy (non-hydrogen) atoms. The number of primary amides is 1. The molecular formula is C20H22ClN3O3. The number of anilines is 1. The highest BCUT2D eigenvalue weighted by molar-refractivity contribution is 6.05. The molecule has 7 heteroatoms. The first-order valence-electron chi connectivity index (χ1n) is 8.50. The number of nitrogens with two attached hydrogens (primary N) is 1. The van der Waals surface area contributed by atoms with E-state index in [4.69, 9.17) is 10.5 Å². The number of piperidine rings is 1. The zero-order chi connectivity index (χ0) is 18.4. The van der Waals surface area contributed by atoms with Crippen LogP contribution in [0, 0.1) is 0 Å². The average Bonchev–Trinajstić information content (AvgIpc) is 2.64. The van der Waals surface area contributed by atoms with Crippen LogP contribution in [-0.4, -0.2) is 25.1 Å². The van der Waals surface area contributed by atoms with Crippen LogP contribution in [-0.2, 0) is 0 Å². The molecule has 0 spiro atoms. The Bertz CT molecular complexity index is 827. The molecule has 0 atom stereocenters. The third kappa shape index (κ3) is 5.84. The van der Waals surface area contributed by atoms with Gasteiger partial charge in [-0.1, -0.05) is 35.9 Å². The molecule has 0 aromatic heterocycles. The van der Waals surface area contributed by atoms with Gasteiger partial charge in [-0.05, 0) is 55.8 Å². The summed E-state index contributed by atoms with van der Waals surface area (Å²) in [7, 11) is 0. The molecule has 2 aromatic carbocycles. The van der Waals surface area contributed by atoms with Crippen molar-refractivity contribution in [2.75, 3.05) is 18.4 Å². The lowest BCUT2D eigenvalue weighted by atomic mass is 10.0. The molecule has 0 unspecified atom stereocenters. The summed E-state index contributed by atoms with van der Waals surface area (Å²) in [5.74, 6) is -0.0767. The Morgan fingerprint density at radius 1 is 1.04 bits per heavy atom. The van der Waals surface area contributed by atoms with Crippen molar-refractivity contribution in [3.63, 3.8) is 0 Å². The number of benzene rings is 2. The summed E-state index contributed by atoms with van der Waals surface area (Å²) in [6.45, 7) is 2.03. The minimum absolute atomic E-state index is 0. The van der Waals surface area contributed by atoms with Gasteiger partial charge in [-0.2, -0.15) is 0 Å². The lowest BCUT2D eigenvalue weighted by Gasteiger charge is -2.15. The first kappa shape index (κ1) is 20.5. The predicted octanol–water partition coefficient (Wildman–Crippen LogP) is 3.59. The number of ether oxygens (including phenoxy) is 1. The molecule has 0 radical (unpaired) electrons. The number of halogens is 1. The third-order valence-electron chi connectivity index (χ3n) is 4.14. The number of nitrogens with one attached hydrogen (secondary N) is 2. The second kappa shape index (κ2) is 9.75. The van der Waals surface area contributed by atoms with Crippen LogP contribution < -0.4 is 21.1 Å². The van der Waals surface area contributed by atoms with Crippen molar-refractivity contribution in [2.45, 2.75) is 12.8 Å². The highest BCUT2D eigenvalue weighted by atomic mass is 35.5. The van der Waals surface area contributed by atoms with Gasteiger partial charge in [0.05, 0.1) is 5.69 Å². The van der Waals surface area contributed by atoms with Crippen molar-refractivity contribution in [3.8, 4) is 5.75 Å². The third-order valence-corrected chi connectivity index (χ3v) is 4.14. The highest BCUT2D eigenvalue weighted by Gasteiger charge is 2.11. The van der Waals surface area contributed by atoms with E-state index in [0.717, 1.165) is 31.5 Å². The summed E-state index contributed by atoms with van der Waals surface area (Å²) in [4.78, 5) is 23.4. The Labute approximate surface area is 164 Å². The fraction of sp³-hybridized carbons (Fsp3) is 0.200. The first-order valence-corrected chi connectivity index (χ1v) is 8.50. The van der Waals surface area contributed by atoms with Crippen LogP contribution in [0.4, 0.5) is 10.5 Å². The van der Waals surface area contributed by atoms with Crippen LogP contribution in [0.25, 0.3) is 6.08 Å². The summed E-state index contributed by atoms with van der Waals surface area (Å²) in [5.41, 5.74) is 8.45. The second-order valence-electron chi connectivity index (χ2n) is 6.05. The zero-order valence-corrected chi connectivity index (χ0v) is 15.6. The summed E-state index contributed by atoms with van der Waals surface area (Å²) >= 11 is 0. The normalized spacial score (nSPS) is 13.3. The Morgan fingerprint density at radius 2 is 1.70 bits per heavy atom. The smallest absolute Gasteiger partial charge is 0.408 e. The van der Waals surface area contributed by atoms with E-state index in [-0.39, 0.29) is 24.1 Å². The number of carbonyl (C=O) groups excluding carboxylic acids is 2. The van der Waals surface area contributed by atoms with Gasteiger partial charge >= 0.3 is 6.09 Å². The predicted molar refractivity (Wildman–Crippen MR) is 108 cm³/mol. The fourth-order valence-electron chi connectivity index (χ4n) is 2.82. The lowest BCUT2D eigenvalue weighted by molar-refractivity contribution is 0.102. The topological polar surface area (TPSA) is 93.5 Å². The van der Waals surface area contributed by atoms with Crippen LogP contribution in [0.5, 0.6) is 5.75 Å². The van der Waals surface area contributed by atoms with Gasteiger partial charge in [0.2, 0.25) is 0 Å². The van der Waals surface area contributed by atoms with Gasteiger partial charge in [0, 0.05) is 5.56 Å². The number of rotatable bonds is 4. The van der Waals surface area contributed by atoms with Crippen molar-refractivity contribution in [2.24, 2.45) is 5.73 Å². The van der Waals surface area contributed by atoms with Crippen LogP contribution >= 0.6 is 12.4 Å². The highest BCUT2D eigenvalue weighted by Crippen LogP contribution is 2.24. The molecule has 2 amide bonds. The Hall–Kier alpha value is -2.83. The van der Waals surface area contributed by atoms with Crippen LogP contribution in [0.15, 0.2) is 54.1 Å². The van der Waals surface area contributed by atoms with Gasteiger partial charge in [0.15, 0.2) is 5.75 Å². The van der Waals surface area contributed by atoms with E-state index in [1.54, 1.807) is 36.4 Å². The molecular weight excluding hydrogens is 366 g/mol. The SMILES string of the molecule is Cl.NC(=O)Oc1ccccc1NC(=O)c1ccc(C=C2CCNCC2)cc1. The van der Waals surface area contributed by atoms with Gasteiger partial charge in [0.25, 0.3) is 5.91 Å². The van der Waals surface area contributed by atoms with Crippen molar-refractivity contribution in [1.82, 2.24) is 5.32 Å². The number of para-hydroxylation sites is 2. The minimum atomic E-state index is -0.929. The standard InChI is InChI=1S/C20H21N3O3.ClH/c21-20(25)26-18-4-2-1-3-17(18)23-19(24)16-7-5-14(6-8-16)13-15-9-11-22-12-10-15;/h1-8,13,22H,9-12H2,(H2,21,25)(H,23,24);1H. The summed E-state index contributed by atoms with van der Waals surface area (Å²) in [5, 5.41) is 6.07. The Kier molecular flexibility index (Phi) is 7.40.